The molecule has 0 aliphatic carbocycles. The Morgan fingerprint density at radius 2 is 1.77 bits per heavy atom. The van der Waals surface area contributed by atoms with E-state index in [0.29, 0.717) is 40.4 Å². The molecule has 1 aromatic carbocycles. The van der Waals surface area contributed by atoms with Crippen LogP contribution in [0.2, 0.25) is 0 Å². The van der Waals surface area contributed by atoms with Gasteiger partial charge in [0.2, 0.25) is 5.91 Å². The number of nitrogens with zero attached hydrogens (tertiary/aromatic N) is 2. The molecule has 2 rings (SSSR count). The number of carbonyl (C=O) groups is 2. The maximum Gasteiger partial charge on any atom is 0.265 e. The molecule has 0 saturated carbocycles. The van der Waals surface area contributed by atoms with Crippen molar-refractivity contribution in [1.82, 2.24) is 4.90 Å². The van der Waals surface area contributed by atoms with Gasteiger partial charge in [0.1, 0.15) is 16.9 Å². The van der Waals surface area contributed by atoms with Crippen molar-refractivity contribution in [2.45, 2.75) is 66.5 Å². The van der Waals surface area contributed by atoms with Crippen molar-refractivity contribution in [3.8, 4) is 6.07 Å². The van der Waals surface area contributed by atoms with Crippen LogP contribution in [0.5, 0.6) is 0 Å². The van der Waals surface area contributed by atoms with E-state index in [-0.39, 0.29) is 23.5 Å². The third kappa shape index (κ3) is 5.71. The number of hydrogen-bond donors (Lipinski definition) is 1. The Bertz CT molecular complexity index is 980. The van der Waals surface area contributed by atoms with E-state index in [1.165, 1.54) is 12.1 Å². The van der Waals surface area contributed by atoms with Crippen LogP contribution < -0.4 is 5.32 Å². The Balaban J connectivity index is 2.41. The summed E-state index contributed by atoms with van der Waals surface area (Å²) < 4.78 is 13.3. The molecule has 0 radical (unpaired) electrons. The molecular weight excluding hydrogens is 413 g/mol. The second-order valence-corrected chi connectivity index (χ2v) is 9.58. The van der Waals surface area contributed by atoms with E-state index in [9.17, 15) is 19.2 Å². The summed E-state index contributed by atoms with van der Waals surface area (Å²) in [5, 5.41) is 12.9. The highest BCUT2D eigenvalue weighted by atomic mass is 32.1. The molecule has 5 nitrogen and oxygen atoms in total. The quantitative estimate of drug-likeness (QED) is 0.580. The number of anilines is 1. The van der Waals surface area contributed by atoms with E-state index in [1.807, 2.05) is 34.6 Å². The predicted molar refractivity (Wildman–Crippen MR) is 122 cm³/mol. The molecule has 1 N–H and O–H groups in total. The van der Waals surface area contributed by atoms with Crippen LogP contribution in [0.1, 0.15) is 73.8 Å². The summed E-state index contributed by atoms with van der Waals surface area (Å²) in [4.78, 5) is 28.2. The number of amides is 2. The number of halogens is 1. The van der Waals surface area contributed by atoms with Crippen LogP contribution >= 0.6 is 11.3 Å². The maximum absolute atomic E-state index is 13.5. The topological polar surface area (TPSA) is 73.2 Å². The van der Waals surface area contributed by atoms with Gasteiger partial charge in [0.25, 0.3) is 5.91 Å². The van der Waals surface area contributed by atoms with Crippen LogP contribution in [0.3, 0.4) is 0 Å². The zero-order valence-corrected chi connectivity index (χ0v) is 19.8. The van der Waals surface area contributed by atoms with Gasteiger partial charge in [-0.25, -0.2) is 4.39 Å². The van der Waals surface area contributed by atoms with E-state index in [4.69, 9.17) is 0 Å². The molecule has 0 aliphatic heterocycles. The van der Waals surface area contributed by atoms with Gasteiger partial charge in [0.05, 0.1) is 10.4 Å². The number of nitrogens with one attached hydrogen (secondary N) is 1. The van der Waals surface area contributed by atoms with Crippen LogP contribution in [-0.4, -0.2) is 22.3 Å². The Hall–Kier alpha value is -2.72. The van der Waals surface area contributed by atoms with Crippen molar-refractivity contribution < 1.29 is 14.0 Å². The number of rotatable bonds is 7. The van der Waals surface area contributed by atoms with Crippen molar-refractivity contribution in [1.29, 1.82) is 5.26 Å². The van der Waals surface area contributed by atoms with Gasteiger partial charge < -0.3 is 10.2 Å². The van der Waals surface area contributed by atoms with Crippen LogP contribution in [0.25, 0.3) is 0 Å². The van der Waals surface area contributed by atoms with Gasteiger partial charge in [-0.3, -0.25) is 9.59 Å². The lowest BCUT2D eigenvalue weighted by Crippen LogP contribution is -2.45. The molecule has 7 heteroatoms. The van der Waals surface area contributed by atoms with Gasteiger partial charge in [-0.15, -0.1) is 11.3 Å². The fourth-order valence-electron chi connectivity index (χ4n) is 3.32. The van der Waals surface area contributed by atoms with Gasteiger partial charge in [0.15, 0.2) is 0 Å². The first-order valence-corrected chi connectivity index (χ1v) is 11.3. The molecule has 0 bridgehead atoms. The maximum atomic E-state index is 13.5. The van der Waals surface area contributed by atoms with E-state index in [1.54, 1.807) is 24.0 Å². The molecule has 2 amide bonds. The van der Waals surface area contributed by atoms with E-state index < -0.39 is 5.54 Å². The normalized spacial score (nSPS) is 11.3. The van der Waals surface area contributed by atoms with Gasteiger partial charge in [0, 0.05) is 18.0 Å². The SMILES string of the molecule is CCC(CC)C(=O)Nc1sc(C(=O)N(Cc2ccc(F)cc2)C(C)(C)C)c(C)c1C#N. The number of hydrogen-bond acceptors (Lipinski definition) is 4. The smallest absolute Gasteiger partial charge is 0.265 e. The van der Waals surface area contributed by atoms with E-state index >= 15 is 0 Å². The highest BCUT2D eigenvalue weighted by Crippen LogP contribution is 2.35. The van der Waals surface area contributed by atoms with Crippen LogP contribution in [-0.2, 0) is 11.3 Å². The van der Waals surface area contributed by atoms with Crippen molar-refractivity contribution in [3.05, 3.63) is 51.7 Å². The summed E-state index contributed by atoms with van der Waals surface area (Å²) in [5.41, 5.74) is 1.18. The lowest BCUT2D eigenvalue weighted by molar-refractivity contribution is -0.120. The molecule has 0 saturated heterocycles. The largest absolute Gasteiger partial charge is 0.329 e. The summed E-state index contributed by atoms with van der Waals surface area (Å²) >= 11 is 1.14. The summed E-state index contributed by atoms with van der Waals surface area (Å²) in [6.07, 6.45) is 1.41. The highest BCUT2D eigenvalue weighted by molar-refractivity contribution is 7.18. The fourth-order valence-corrected chi connectivity index (χ4v) is 4.43. The lowest BCUT2D eigenvalue weighted by atomic mass is 10.0. The van der Waals surface area contributed by atoms with Crippen molar-refractivity contribution in [3.63, 3.8) is 0 Å². The molecule has 2 aromatic rings. The summed E-state index contributed by atoms with van der Waals surface area (Å²) in [6, 6.07) is 8.19. The Morgan fingerprint density at radius 1 is 1.19 bits per heavy atom. The number of thiophene rings is 1. The van der Waals surface area contributed by atoms with Crippen molar-refractivity contribution in [2.75, 3.05) is 5.32 Å². The zero-order chi connectivity index (χ0) is 23.3. The minimum atomic E-state index is -0.506. The minimum Gasteiger partial charge on any atom is -0.329 e. The standard InChI is InChI=1S/C24H30FN3O2S/c1-7-17(8-2)21(29)27-22-19(13-26)15(3)20(31-22)23(30)28(24(4,5)6)14-16-9-11-18(25)12-10-16/h9-12,17H,7-8,14H2,1-6H3,(H,27,29). The third-order valence-corrected chi connectivity index (χ3v) is 6.55. The first-order valence-electron chi connectivity index (χ1n) is 10.4. The molecule has 166 valence electrons. The second-order valence-electron chi connectivity index (χ2n) is 8.56. The first kappa shape index (κ1) is 24.5. The molecule has 0 aliphatic rings. The second kappa shape index (κ2) is 10.1. The fraction of sp³-hybridized carbons (Fsp3) is 0.458. The van der Waals surface area contributed by atoms with Gasteiger partial charge in [-0.1, -0.05) is 26.0 Å². The number of carbonyl (C=O) groups excluding carboxylic acids is 2. The lowest BCUT2D eigenvalue weighted by Gasteiger charge is -2.35. The Kier molecular flexibility index (Phi) is 7.96. The van der Waals surface area contributed by atoms with Gasteiger partial charge in [-0.2, -0.15) is 5.26 Å². The minimum absolute atomic E-state index is 0.138. The molecule has 0 atom stereocenters. The average molecular weight is 444 g/mol. The summed E-state index contributed by atoms with van der Waals surface area (Å²) in [6.45, 7) is 11.7. The third-order valence-electron chi connectivity index (χ3n) is 5.35. The molecule has 0 unspecified atom stereocenters. The van der Waals surface area contributed by atoms with Gasteiger partial charge >= 0.3 is 0 Å². The Morgan fingerprint density at radius 3 is 2.26 bits per heavy atom. The molecule has 1 heterocycles. The van der Waals surface area contributed by atoms with Crippen molar-refractivity contribution in [2.24, 2.45) is 5.92 Å². The van der Waals surface area contributed by atoms with Crippen LogP contribution in [0, 0.1) is 30.0 Å². The van der Waals surface area contributed by atoms with Crippen LogP contribution in [0.4, 0.5) is 9.39 Å². The number of nitriles is 1. The summed E-state index contributed by atoms with van der Waals surface area (Å²) in [5.74, 6) is -0.833. The monoisotopic (exact) mass is 443 g/mol. The van der Waals surface area contributed by atoms with Crippen LogP contribution in [0.15, 0.2) is 24.3 Å². The average Bonchev–Trinajstić information content (AvgIpc) is 3.02. The van der Waals surface area contributed by atoms with E-state index in [2.05, 4.69) is 11.4 Å². The zero-order valence-electron chi connectivity index (χ0n) is 19.0. The van der Waals surface area contributed by atoms with Gasteiger partial charge in [-0.05, 0) is 63.8 Å². The number of benzene rings is 1. The summed E-state index contributed by atoms with van der Waals surface area (Å²) in [7, 11) is 0. The molecule has 0 fully saturated rings. The molecular formula is C24H30FN3O2S. The van der Waals surface area contributed by atoms with E-state index in [0.717, 1.165) is 16.9 Å². The Labute approximate surface area is 187 Å². The molecule has 1 aromatic heterocycles. The first-order chi connectivity index (χ1) is 14.5. The molecule has 0 spiro atoms. The highest BCUT2D eigenvalue weighted by Gasteiger charge is 2.31. The van der Waals surface area contributed by atoms with Crippen molar-refractivity contribution >= 4 is 28.2 Å². The predicted octanol–water partition coefficient (Wildman–Crippen LogP) is 5.88. The molecule has 31 heavy (non-hydrogen) atoms.